The number of hydrogen-bond donors (Lipinski definition) is 1. The molecular formula is C24H19ClN4O3S. The van der Waals surface area contributed by atoms with Gasteiger partial charge >= 0.3 is 0 Å². The van der Waals surface area contributed by atoms with E-state index in [9.17, 15) is 14.4 Å². The zero-order valence-electron chi connectivity index (χ0n) is 17.6. The van der Waals surface area contributed by atoms with E-state index in [4.69, 9.17) is 11.6 Å². The van der Waals surface area contributed by atoms with Gasteiger partial charge < -0.3 is 10.2 Å². The molecule has 0 bridgehead atoms. The van der Waals surface area contributed by atoms with Crippen molar-refractivity contribution in [1.82, 2.24) is 9.55 Å². The highest BCUT2D eigenvalue weighted by atomic mass is 35.5. The number of amides is 2. The number of benzene rings is 2. The van der Waals surface area contributed by atoms with Gasteiger partial charge in [-0.2, -0.15) is 0 Å². The molecule has 2 aromatic heterocycles. The second kappa shape index (κ2) is 8.46. The molecule has 1 atom stereocenters. The van der Waals surface area contributed by atoms with Crippen LogP contribution in [0.25, 0.3) is 21.3 Å². The van der Waals surface area contributed by atoms with Crippen molar-refractivity contribution >= 4 is 56.3 Å². The number of hydrogen-bond acceptors (Lipinski definition) is 5. The maximum absolute atomic E-state index is 13.4. The smallest absolute Gasteiger partial charge is 0.263 e. The Hall–Kier alpha value is -3.49. The third kappa shape index (κ3) is 3.92. The van der Waals surface area contributed by atoms with Gasteiger partial charge in [0.15, 0.2) is 0 Å². The third-order valence-electron chi connectivity index (χ3n) is 5.65. The van der Waals surface area contributed by atoms with Gasteiger partial charge in [-0.1, -0.05) is 35.9 Å². The summed E-state index contributed by atoms with van der Waals surface area (Å²) < 4.78 is 1.33. The van der Waals surface area contributed by atoms with E-state index in [2.05, 4.69) is 10.3 Å². The number of fused-ring (bicyclic) bond motifs is 2. The molecule has 33 heavy (non-hydrogen) atoms. The summed E-state index contributed by atoms with van der Waals surface area (Å²) in [5, 5.41) is 5.81. The quantitative estimate of drug-likeness (QED) is 0.468. The number of carbonyl (C=O) groups excluding carboxylic acids is 2. The van der Waals surface area contributed by atoms with Crippen molar-refractivity contribution in [1.29, 1.82) is 0 Å². The van der Waals surface area contributed by atoms with Crippen LogP contribution in [-0.2, 0) is 16.1 Å². The Kier molecular flexibility index (Phi) is 5.47. The van der Waals surface area contributed by atoms with E-state index in [1.807, 2.05) is 30.5 Å². The summed E-state index contributed by atoms with van der Waals surface area (Å²) in [4.78, 5) is 45.6. The maximum atomic E-state index is 13.4. The first-order valence-electron chi connectivity index (χ1n) is 10.4. The molecule has 7 nitrogen and oxygen atoms in total. The van der Waals surface area contributed by atoms with Crippen LogP contribution in [0.3, 0.4) is 0 Å². The lowest BCUT2D eigenvalue weighted by atomic mass is 10.1. The summed E-state index contributed by atoms with van der Waals surface area (Å²) in [5.74, 6) is -0.450. The molecule has 0 fully saturated rings. The number of halogens is 1. The Bertz CT molecular complexity index is 1440. The molecule has 1 aliphatic rings. The highest BCUT2D eigenvalue weighted by Crippen LogP contribution is 2.33. The normalized spacial score (nSPS) is 15.8. The van der Waals surface area contributed by atoms with Gasteiger partial charge in [0.1, 0.15) is 11.4 Å². The predicted molar refractivity (Wildman–Crippen MR) is 131 cm³/mol. The van der Waals surface area contributed by atoms with Crippen LogP contribution in [0, 0.1) is 0 Å². The Morgan fingerprint density at radius 3 is 2.73 bits per heavy atom. The Balaban J connectivity index is 1.53. The summed E-state index contributed by atoms with van der Waals surface area (Å²) in [6.45, 7) is 1.63. The topological polar surface area (TPSA) is 84.3 Å². The first kappa shape index (κ1) is 21.4. The molecule has 3 heterocycles. The zero-order chi connectivity index (χ0) is 23.1. The molecule has 5 rings (SSSR count). The predicted octanol–water partition coefficient (Wildman–Crippen LogP) is 4.54. The highest BCUT2D eigenvalue weighted by molar-refractivity contribution is 7.17. The zero-order valence-corrected chi connectivity index (χ0v) is 19.2. The number of aromatic nitrogens is 2. The molecule has 0 saturated heterocycles. The van der Waals surface area contributed by atoms with Crippen molar-refractivity contribution in [2.24, 2.45) is 0 Å². The summed E-state index contributed by atoms with van der Waals surface area (Å²) in [6.07, 6.45) is 1.57. The van der Waals surface area contributed by atoms with E-state index >= 15 is 0 Å². The van der Waals surface area contributed by atoms with Gasteiger partial charge in [0.05, 0.1) is 23.1 Å². The molecule has 1 aliphatic heterocycles. The van der Waals surface area contributed by atoms with Gasteiger partial charge in [-0.05, 0) is 36.8 Å². The van der Waals surface area contributed by atoms with Crippen LogP contribution in [-0.4, -0.2) is 27.4 Å². The first-order chi connectivity index (χ1) is 15.9. The minimum absolute atomic E-state index is 0.156. The fraction of sp³-hybridized carbons (Fsp3) is 0.167. The molecule has 4 aromatic rings. The van der Waals surface area contributed by atoms with Gasteiger partial charge in [0, 0.05) is 28.4 Å². The number of para-hydroxylation sites is 2. The molecule has 166 valence electrons. The average molecular weight is 479 g/mol. The number of nitrogens with zero attached hydrogens (tertiary/aromatic N) is 3. The van der Waals surface area contributed by atoms with Crippen LogP contribution < -0.4 is 15.8 Å². The lowest BCUT2D eigenvalue weighted by Gasteiger charge is -2.28. The Morgan fingerprint density at radius 1 is 1.18 bits per heavy atom. The molecule has 2 aromatic carbocycles. The van der Waals surface area contributed by atoms with Crippen molar-refractivity contribution in [3.05, 3.63) is 75.6 Å². The van der Waals surface area contributed by atoms with Gasteiger partial charge in [-0.25, -0.2) is 4.98 Å². The van der Waals surface area contributed by atoms with Crippen molar-refractivity contribution in [3.63, 3.8) is 0 Å². The monoisotopic (exact) mass is 478 g/mol. The first-order valence-corrected chi connectivity index (χ1v) is 11.6. The molecule has 1 N–H and O–H groups in total. The van der Waals surface area contributed by atoms with Gasteiger partial charge in [-0.3, -0.25) is 19.0 Å². The van der Waals surface area contributed by atoms with E-state index in [1.165, 1.54) is 22.2 Å². The number of carbonyl (C=O) groups is 2. The van der Waals surface area contributed by atoms with Crippen molar-refractivity contribution < 1.29 is 9.59 Å². The van der Waals surface area contributed by atoms with E-state index in [1.54, 1.807) is 35.2 Å². The van der Waals surface area contributed by atoms with E-state index < -0.39 is 0 Å². The lowest BCUT2D eigenvalue weighted by Crippen LogP contribution is -2.42. The molecule has 0 saturated carbocycles. The fourth-order valence-electron chi connectivity index (χ4n) is 4.11. The molecule has 2 amide bonds. The number of thiophene rings is 1. The number of anilines is 2. The molecule has 0 spiro atoms. The van der Waals surface area contributed by atoms with Crippen LogP contribution in [0.15, 0.2) is 65.0 Å². The van der Waals surface area contributed by atoms with Crippen molar-refractivity contribution in [2.75, 3.05) is 10.2 Å². The Morgan fingerprint density at radius 2 is 1.94 bits per heavy atom. The highest BCUT2D eigenvalue weighted by Gasteiger charge is 2.30. The van der Waals surface area contributed by atoms with Crippen LogP contribution in [0.2, 0.25) is 5.02 Å². The SMILES string of the molecule is C[C@@H]1CC(=O)Nc2ccccc2N1C(=O)Cn1cnc2scc(-c3ccc(Cl)cc3)c2c1=O. The van der Waals surface area contributed by atoms with Crippen LogP contribution >= 0.6 is 22.9 Å². The summed E-state index contributed by atoms with van der Waals surface area (Å²) >= 11 is 7.38. The number of nitrogens with one attached hydrogen (secondary N) is 1. The van der Waals surface area contributed by atoms with Gasteiger partial charge in [0.2, 0.25) is 11.8 Å². The second-order valence-electron chi connectivity index (χ2n) is 7.90. The lowest BCUT2D eigenvalue weighted by molar-refractivity contribution is -0.120. The second-order valence-corrected chi connectivity index (χ2v) is 9.19. The summed E-state index contributed by atoms with van der Waals surface area (Å²) in [5.41, 5.74) is 2.51. The standard InChI is InChI=1S/C24H19ClN4O3S/c1-14-10-20(30)27-18-4-2-3-5-19(18)29(14)21(31)11-28-13-26-23-22(24(28)32)17(12-33-23)15-6-8-16(25)9-7-15/h2-9,12-14H,10-11H2,1H3,(H,27,30)/t14-/m1/s1. The largest absolute Gasteiger partial charge is 0.324 e. The Labute approximate surface area is 198 Å². The fourth-order valence-corrected chi connectivity index (χ4v) is 5.14. The van der Waals surface area contributed by atoms with E-state index in [0.717, 1.165) is 11.1 Å². The average Bonchev–Trinajstić information content (AvgIpc) is 3.17. The van der Waals surface area contributed by atoms with Gasteiger partial charge in [-0.15, -0.1) is 11.3 Å². The maximum Gasteiger partial charge on any atom is 0.263 e. The van der Waals surface area contributed by atoms with Crippen LogP contribution in [0.5, 0.6) is 0 Å². The molecule has 9 heteroatoms. The minimum Gasteiger partial charge on any atom is -0.324 e. The van der Waals surface area contributed by atoms with Crippen LogP contribution in [0.4, 0.5) is 11.4 Å². The third-order valence-corrected chi connectivity index (χ3v) is 6.79. The summed E-state index contributed by atoms with van der Waals surface area (Å²) in [6, 6.07) is 14.0. The van der Waals surface area contributed by atoms with E-state index in [0.29, 0.717) is 26.6 Å². The molecular weight excluding hydrogens is 460 g/mol. The number of rotatable bonds is 3. The van der Waals surface area contributed by atoms with Crippen LogP contribution in [0.1, 0.15) is 13.3 Å². The van der Waals surface area contributed by atoms with Gasteiger partial charge in [0.25, 0.3) is 5.56 Å². The van der Waals surface area contributed by atoms with Crippen molar-refractivity contribution in [3.8, 4) is 11.1 Å². The molecule has 0 aliphatic carbocycles. The minimum atomic E-state index is -0.362. The summed E-state index contributed by atoms with van der Waals surface area (Å²) in [7, 11) is 0. The van der Waals surface area contributed by atoms with E-state index in [-0.39, 0.29) is 36.4 Å². The van der Waals surface area contributed by atoms with Crippen molar-refractivity contribution in [2.45, 2.75) is 25.9 Å². The molecule has 0 unspecified atom stereocenters. The molecule has 0 radical (unpaired) electrons.